The zero-order valence-electron chi connectivity index (χ0n) is 8.56. The lowest BCUT2D eigenvalue weighted by Crippen LogP contribution is -1.99. The highest BCUT2D eigenvalue weighted by atomic mass is 79.9. The van der Waals surface area contributed by atoms with E-state index in [9.17, 15) is 0 Å². The molecule has 2 aromatic rings. The third kappa shape index (κ3) is 2.53. The average Bonchev–Trinajstić information content (AvgIpc) is 2.78. The van der Waals surface area contributed by atoms with E-state index in [4.69, 9.17) is 9.68 Å². The van der Waals surface area contributed by atoms with Crippen molar-refractivity contribution in [2.24, 2.45) is 0 Å². The van der Waals surface area contributed by atoms with Crippen LogP contribution in [0.2, 0.25) is 0 Å². The van der Waals surface area contributed by atoms with E-state index < -0.39 is 0 Å². The van der Waals surface area contributed by atoms with Crippen molar-refractivity contribution >= 4 is 15.9 Å². The topological polar surface area (TPSA) is 36.9 Å². The van der Waals surface area contributed by atoms with E-state index in [-0.39, 0.29) is 5.92 Å². The quantitative estimate of drug-likeness (QED) is 0.852. The van der Waals surface area contributed by atoms with Gasteiger partial charge in [-0.15, -0.1) is 0 Å². The van der Waals surface area contributed by atoms with E-state index in [1.165, 1.54) is 0 Å². The molecule has 0 amide bonds. The number of rotatable bonds is 3. The van der Waals surface area contributed by atoms with Crippen LogP contribution in [0, 0.1) is 11.3 Å². The van der Waals surface area contributed by atoms with Crippen LogP contribution in [0.1, 0.15) is 17.2 Å². The van der Waals surface area contributed by atoms with Crippen molar-refractivity contribution in [1.82, 2.24) is 0 Å². The van der Waals surface area contributed by atoms with Gasteiger partial charge in [0.2, 0.25) is 0 Å². The molecule has 0 spiro atoms. The van der Waals surface area contributed by atoms with Crippen molar-refractivity contribution in [2.45, 2.75) is 12.3 Å². The molecule has 3 heteroatoms. The maximum absolute atomic E-state index is 9.16. The van der Waals surface area contributed by atoms with Gasteiger partial charge in [-0.25, -0.2) is 0 Å². The van der Waals surface area contributed by atoms with E-state index in [0.29, 0.717) is 6.42 Å². The van der Waals surface area contributed by atoms with Gasteiger partial charge in [-0.1, -0.05) is 28.1 Å². The Morgan fingerprint density at radius 3 is 2.81 bits per heavy atom. The van der Waals surface area contributed by atoms with Crippen LogP contribution >= 0.6 is 15.9 Å². The molecular formula is C13H10BrNO. The fraction of sp³-hybridized carbons (Fsp3) is 0.154. The molecule has 1 unspecified atom stereocenters. The van der Waals surface area contributed by atoms with E-state index in [2.05, 4.69) is 22.0 Å². The molecule has 0 radical (unpaired) electrons. The van der Waals surface area contributed by atoms with Crippen LogP contribution in [0.4, 0.5) is 0 Å². The molecule has 80 valence electrons. The number of hydrogen-bond acceptors (Lipinski definition) is 2. The first kappa shape index (κ1) is 11.0. The normalized spacial score (nSPS) is 12.0. The number of halogens is 1. The van der Waals surface area contributed by atoms with Crippen LogP contribution in [0.5, 0.6) is 0 Å². The van der Waals surface area contributed by atoms with Gasteiger partial charge in [0.1, 0.15) is 5.76 Å². The highest BCUT2D eigenvalue weighted by molar-refractivity contribution is 9.10. The minimum Gasteiger partial charge on any atom is -0.469 e. The van der Waals surface area contributed by atoms with E-state index >= 15 is 0 Å². The first-order valence-corrected chi connectivity index (χ1v) is 5.76. The van der Waals surface area contributed by atoms with Crippen molar-refractivity contribution in [2.75, 3.05) is 0 Å². The summed E-state index contributed by atoms with van der Waals surface area (Å²) in [5.41, 5.74) is 1.01. The molecule has 1 heterocycles. The van der Waals surface area contributed by atoms with Gasteiger partial charge < -0.3 is 4.42 Å². The van der Waals surface area contributed by atoms with Crippen LogP contribution in [0.15, 0.2) is 51.6 Å². The Morgan fingerprint density at radius 2 is 2.19 bits per heavy atom. The van der Waals surface area contributed by atoms with Crippen LogP contribution in [0.25, 0.3) is 0 Å². The summed E-state index contributed by atoms with van der Waals surface area (Å²) in [5.74, 6) is 0.676. The van der Waals surface area contributed by atoms with Crippen molar-refractivity contribution in [3.05, 3.63) is 58.5 Å². The minimum absolute atomic E-state index is 0.163. The molecule has 1 aromatic carbocycles. The highest BCUT2D eigenvalue weighted by Crippen LogP contribution is 2.23. The van der Waals surface area contributed by atoms with E-state index in [0.717, 1.165) is 15.8 Å². The summed E-state index contributed by atoms with van der Waals surface area (Å²) in [6.45, 7) is 0. The molecule has 2 nitrogen and oxygen atoms in total. The molecular weight excluding hydrogens is 266 g/mol. The van der Waals surface area contributed by atoms with Crippen LogP contribution in [-0.4, -0.2) is 0 Å². The predicted molar refractivity (Wildman–Crippen MR) is 64.9 cm³/mol. The van der Waals surface area contributed by atoms with Crippen molar-refractivity contribution in [1.29, 1.82) is 5.26 Å². The fourth-order valence-electron chi connectivity index (χ4n) is 1.59. The van der Waals surface area contributed by atoms with E-state index in [1.807, 2.05) is 36.4 Å². The van der Waals surface area contributed by atoms with Crippen molar-refractivity contribution < 1.29 is 4.42 Å². The third-order valence-corrected chi connectivity index (χ3v) is 2.89. The molecule has 0 saturated heterocycles. The van der Waals surface area contributed by atoms with Gasteiger partial charge >= 0.3 is 0 Å². The predicted octanol–water partition coefficient (Wildman–Crippen LogP) is 3.89. The van der Waals surface area contributed by atoms with E-state index in [1.54, 1.807) is 6.26 Å². The highest BCUT2D eigenvalue weighted by Gasteiger charge is 2.13. The van der Waals surface area contributed by atoms with Gasteiger partial charge in [-0.05, 0) is 29.8 Å². The molecule has 0 bridgehead atoms. The fourth-order valence-corrected chi connectivity index (χ4v) is 2.01. The molecule has 0 aliphatic heterocycles. The number of nitriles is 1. The van der Waals surface area contributed by atoms with Gasteiger partial charge in [-0.3, -0.25) is 0 Å². The second kappa shape index (κ2) is 5.00. The standard InChI is InChI=1S/C13H10BrNO/c14-12-4-1-3-10(7-12)11(9-15)8-13-5-2-6-16-13/h1-7,11H,8H2. The maximum atomic E-state index is 9.16. The van der Waals surface area contributed by atoms with Crippen LogP contribution < -0.4 is 0 Å². The van der Waals surface area contributed by atoms with Crippen molar-refractivity contribution in [3.63, 3.8) is 0 Å². The molecule has 0 aliphatic carbocycles. The Kier molecular flexibility index (Phi) is 3.43. The zero-order valence-corrected chi connectivity index (χ0v) is 10.1. The first-order chi connectivity index (χ1) is 7.79. The lowest BCUT2D eigenvalue weighted by Gasteiger charge is -2.07. The lowest BCUT2D eigenvalue weighted by molar-refractivity contribution is 0.501. The maximum Gasteiger partial charge on any atom is 0.105 e. The summed E-state index contributed by atoms with van der Waals surface area (Å²) in [5, 5.41) is 9.16. The summed E-state index contributed by atoms with van der Waals surface area (Å²) in [6, 6.07) is 13.8. The molecule has 1 atom stereocenters. The lowest BCUT2D eigenvalue weighted by atomic mass is 9.96. The summed E-state index contributed by atoms with van der Waals surface area (Å²) >= 11 is 3.40. The SMILES string of the molecule is N#CC(Cc1ccco1)c1cccc(Br)c1. The van der Waals surface area contributed by atoms with Gasteiger partial charge in [0.15, 0.2) is 0 Å². The Hall–Kier alpha value is -1.53. The number of furan rings is 1. The molecule has 0 saturated carbocycles. The molecule has 1 aromatic heterocycles. The summed E-state index contributed by atoms with van der Waals surface area (Å²) in [4.78, 5) is 0. The number of benzene rings is 1. The van der Waals surface area contributed by atoms with Crippen LogP contribution in [0.3, 0.4) is 0 Å². The van der Waals surface area contributed by atoms with Gasteiger partial charge in [-0.2, -0.15) is 5.26 Å². The van der Waals surface area contributed by atoms with Crippen molar-refractivity contribution in [3.8, 4) is 6.07 Å². The number of nitrogens with zero attached hydrogens (tertiary/aromatic N) is 1. The molecule has 16 heavy (non-hydrogen) atoms. The second-order valence-corrected chi connectivity index (χ2v) is 4.44. The third-order valence-electron chi connectivity index (χ3n) is 2.39. The van der Waals surface area contributed by atoms with Gasteiger partial charge in [0, 0.05) is 10.9 Å². The smallest absolute Gasteiger partial charge is 0.105 e. The van der Waals surface area contributed by atoms with Crippen LogP contribution in [-0.2, 0) is 6.42 Å². The molecule has 0 aliphatic rings. The molecule has 0 N–H and O–H groups in total. The molecule has 0 fully saturated rings. The summed E-state index contributed by atoms with van der Waals surface area (Å²) in [7, 11) is 0. The van der Waals surface area contributed by atoms with Gasteiger partial charge in [0.25, 0.3) is 0 Å². The summed E-state index contributed by atoms with van der Waals surface area (Å²) in [6.07, 6.45) is 2.24. The van der Waals surface area contributed by atoms with Gasteiger partial charge in [0.05, 0.1) is 18.3 Å². The largest absolute Gasteiger partial charge is 0.469 e. The average molecular weight is 276 g/mol. The monoisotopic (exact) mass is 275 g/mol. The summed E-state index contributed by atoms with van der Waals surface area (Å²) < 4.78 is 6.25. The second-order valence-electron chi connectivity index (χ2n) is 3.52. The Bertz CT molecular complexity index is 499. The Morgan fingerprint density at radius 1 is 1.31 bits per heavy atom. The number of hydrogen-bond donors (Lipinski definition) is 0. The molecule has 2 rings (SSSR count). The minimum atomic E-state index is -0.163. The Balaban J connectivity index is 2.21. The first-order valence-electron chi connectivity index (χ1n) is 4.97. The zero-order chi connectivity index (χ0) is 11.4. The Labute approximate surface area is 103 Å².